The topological polar surface area (TPSA) is 99.0 Å². The van der Waals surface area contributed by atoms with Gasteiger partial charge >= 0.3 is 0 Å². The molecule has 2 aromatic carbocycles. The maximum atomic E-state index is 12.6. The zero-order valence-corrected chi connectivity index (χ0v) is 22.0. The standard InChI is InChI=1S/C21H18I2N2O6S/c1-30-7-3-6-24-20(26)18(32-21(24)27)11-14-9-16(22)19(17(23)10-14)31-12-13-4-2-5-15(8-13)25(28)29/h2,4-5,8-11H,3,6-7,12H2,1H3/b18-11+. The molecule has 0 N–H and O–H groups in total. The number of imide groups is 1. The monoisotopic (exact) mass is 680 g/mol. The normalized spacial score (nSPS) is 15.0. The van der Waals surface area contributed by atoms with Gasteiger partial charge in [0.1, 0.15) is 12.4 Å². The fraction of sp³-hybridized carbons (Fsp3) is 0.238. The van der Waals surface area contributed by atoms with Crippen molar-refractivity contribution in [2.45, 2.75) is 13.0 Å². The highest BCUT2D eigenvalue weighted by molar-refractivity contribution is 14.1. The van der Waals surface area contributed by atoms with Crippen molar-refractivity contribution in [2.24, 2.45) is 0 Å². The van der Waals surface area contributed by atoms with Gasteiger partial charge in [-0.05, 0) is 92.7 Å². The van der Waals surface area contributed by atoms with Crippen LogP contribution in [0.2, 0.25) is 0 Å². The first-order valence-electron chi connectivity index (χ1n) is 9.39. The molecule has 0 aliphatic carbocycles. The third kappa shape index (κ3) is 6.20. The molecule has 168 valence electrons. The summed E-state index contributed by atoms with van der Waals surface area (Å²) in [7, 11) is 1.58. The molecular formula is C21H18I2N2O6S. The maximum Gasteiger partial charge on any atom is 0.293 e. The van der Waals surface area contributed by atoms with E-state index in [2.05, 4.69) is 45.2 Å². The van der Waals surface area contributed by atoms with Gasteiger partial charge in [-0.2, -0.15) is 0 Å². The fourth-order valence-corrected chi connectivity index (χ4v) is 5.92. The van der Waals surface area contributed by atoms with E-state index in [1.54, 1.807) is 25.3 Å². The van der Waals surface area contributed by atoms with Gasteiger partial charge in [0.25, 0.3) is 16.8 Å². The van der Waals surface area contributed by atoms with Crippen LogP contribution >= 0.6 is 56.9 Å². The van der Waals surface area contributed by atoms with Gasteiger partial charge < -0.3 is 9.47 Å². The van der Waals surface area contributed by atoms with Crippen LogP contribution in [0, 0.1) is 17.3 Å². The summed E-state index contributed by atoms with van der Waals surface area (Å²) in [5.41, 5.74) is 1.49. The van der Waals surface area contributed by atoms with Crippen molar-refractivity contribution in [2.75, 3.05) is 20.3 Å². The molecule has 0 saturated carbocycles. The van der Waals surface area contributed by atoms with Crippen LogP contribution in [-0.2, 0) is 16.1 Å². The molecule has 32 heavy (non-hydrogen) atoms. The molecule has 0 radical (unpaired) electrons. The van der Waals surface area contributed by atoms with Crippen molar-refractivity contribution in [3.05, 3.63) is 69.7 Å². The number of hydrogen-bond acceptors (Lipinski definition) is 7. The Balaban J connectivity index is 1.73. The summed E-state index contributed by atoms with van der Waals surface area (Å²) in [6, 6.07) is 10.0. The van der Waals surface area contributed by atoms with E-state index >= 15 is 0 Å². The average Bonchev–Trinajstić information content (AvgIpc) is 3.00. The predicted molar refractivity (Wildman–Crippen MR) is 138 cm³/mol. The first kappa shape index (κ1) is 24.9. The molecule has 1 heterocycles. The second kappa shape index (κ2) is 11.4. The van der Waals surface area contributed by atoms with Gasteiger partial charge in [-0.3, -0.25) is 24.6 Å². The van der Waals surface area contributed by atoms with Gasteiger partial charge in [0.2, 0.25) is 0 Å². The van der Waals surface area contributed by atoms with E-state index in [1.807, 2.05) is 12.1 Å². The minimum absolute atomic E-state index is 0.0157. The van der Waals surface area contributed by atoms with Crippen molar-refractivity contribution in [3.8, 4) is 5.75 Å². The second-order valence-corrected chi connectivity index (χ2v) is 10.0. The highest BCUT2D eigenvalue weighted by Crippen LogP contribution is 2.35. The number of halogens is 2. The summed E-state index contributed by atoms with van der Waals surface area (Å²) in [6.45, 7) is 0.998. The minimum Gasteiger partial charge on any atom is -0.487 e. The number of nitrogens with zero attached hydrogens (tertiary/aromatic N) is 2. The third-order valence-corrected chi connectivity index (χ3v) is 6.94. The highest BCUT2D eigenvalue weighted by atomic mass is 127. The summed E-state index contributed by atoms with van der Waals surface area (Å²) >= 11 is 5.22. The number of ether oxygens (including phenoxy) is 2. The molecule has 1 aliphatic heterocycles. The lowest BCUT2D eigenvalue weighted by Gasteiger charge is -2.12. The predicted octanol–water partition coefficient (Wildman–Crippen LogP) is 5.46. The van der Waals surface area contributed by atoms with E-state index in [0.29, 0.717) is 35.8 Å². The molecule has 0 spiro atoms. The third-order valence-electron chi connectivity index (χ3n) is 4.43. The van der Waals surface area contributed by atoms with Crippen molar-refractivity contribution in [1.82, 2.24) is 4.90 Å². The summed E-state index contributed by atoms with van der Waals surface area (Å²) in [4.78, 5) is 36.9. The molecular weight excluding hydrogens is 662 g/mol. The van der Waals surface area contributed by atoms with E-state index in [-0.39, 0.29) is 23.4 Å². The summed E-state index contributed by atoms with van der Waals surface area (Å²) < 4.78 is 12.6. The lowest BCUT2D eigenvalue weighted by atomic mass is 10.2. The summed E-state index contributed by atoms with van der Waals surface area (Å²) in [6.07, 6.45) is 2.30. The number of non-ortho nitro benzene ring substituents is 1. The lowest BCUT2D eigenvalue weighted by Crippen LogP contribution is -2.29. The van der Waals surface area contributed by atoms with Crippen LogP contribution in [0.4, 0.5) is 10.5 Å². The van der Waals surface area contributed by atoms with Crippen molar-refractivity contribution in [1.29, 1.82) is 0 Å². The van der Waals surface area contributed by atoms with E-state index in [0.717, 1.165) is 24.5 Å². The molecule has 3 rings (SSSR count). The number of carbonyl (C=O) groups is 2. The smallest absolute Gasteiger partial charge is 0.293 e. The molecule has 0 bridgehead atoms. The summed E-state index contributed by atoms with van der Waals surface area (Å²) in [5.74, 6) is 0.356. The SMILES string of the molecule is COCCCN1C(=O)S/C(=C/c2cc(I)c(OCc3cccc([N+](=O)[O-])c3)c(I)c2)C1=O. The van der Waals surface area contributed by atoms with E-state index < -0.39 is 4.92 Å². The molecule has 1 fully saturated rings. The van der Waals surface area contributed by atoms with Crippen LogP contribution in [-0.4, -0.2) is 41.2 Å². The molecule has 0 atom stereocenters. The van der Waals surface area contributed by atoms with Crippen LogP contribution in [0.1, 0.15) is 17.5 Å². The molecule has 1 aliphatic rings. The number of carbonyl (C=O) groups excluding carboxylic acids is 2. The summed E-state index contributed by atoms with van der Waals surface area (Å²) in [5, 5.41) is 10.7. The second-order valence-electron chi connectivity index (χ2n) is 6.71. The van der Waals surface area contributed by atoms with Crippen LogP contribution in [0.15, 0.2) is 41.3 Å². The molecule has 2 amide bonds. The number of methoxy groups -OCH3 is 1. The number of hydrogen-bond donors (Lipinski definition) is 0. The Bertz CT molecular complexity index is 1070. The van der Waals surface area contributed by atoms with Gasteiger partial charge in [-0.1, -0.05) is 12.1 Å². The first-order valence-corrected chi connectivity index (χ1v) is 12.4. The minimum atomic E-state index is -0.439. The number of amides is 2. The lowest BCUT2D eigenvalue weighted by molar-refractivity contribution is -0.384. The van der Waals surface area contributed by atoms with Crippen LogP contribution in [0.5, 0.6) is 5.75 Å². The van der Waals surface area contributed by atoms with Crippen LogP contribution in [0.3, 0.4) is 0 Å². The van der Waals surface area contributed by atoms with Gasteiger partial charge in [0.05, 0.1) is 17.0 Å². The zero-order chi connectivity index (χ0) is 23.3. The molecule has 2 aromatic rings. The Kier molecular flexibility index (Phi) is 8.90. The van der Waals surface area contributed by atoms with Gasteiger partial charge in [0, 0.05) is 32.4 Å². The largest absolute Gasteiger partial charge is 0.487 e. The quantitative estimate of drug-likeness (QED) is 0.114. The van der Waals surface area contributed by atoms with E-state index in [4.69, 9.17) is 9.47 Å². The zero-order valence-electron chi connectivity index (χ0n) is 16.9. The number of nitro groups is 1. The Hall–Kier alpha value is -1.71. The van der Waals surface area contributed by atoms with Crippen molar-refractivity contribution in [3.63, 3.8) is 0 Å². The number of benzene rings is 2. The molecule has 11 heteroatoms. The fourth-order valence-electron chi connectivity index (χ4n) is 2.93. The molecule has 1 saturated heterocycles. The van der Waals surface area contributed by atoms with Gasteiger partial charge in [0.15, 0.2) is 0 Å². The van der Waals surface area contributed by atoms with Crippen molar-refractivity contribution < 1.29 is 24.0 Å². The molecule has 0 unspecified atom stereocenters. The Morgan fingerprint density at radius 1 is 1.19 bits per heavy atom. The van der Waals surface area contributed by atoms with Gasteiger partial charge in [-0.25, -0.2) is 0 Å². The Labute approximate surface area is 216 Å². The highest BCUT2D eigenvalue weighted by Gasteiger charge is 2.34. The van der Waals surface area contributed by atoms with Crippen LogP contribution < -0.4 is 4.74 Å². The van der Waals surface area contributed by atoms with E-state index in [1.165, 1.54) is 17.0 Å². The van der Waals surface area contributed by atoms with E-state index in [9.17, 15) is 19.7 Å². The Morgan fingerprint density at radius 3 is 2.56 bits per heavy atom. The number of nitro benzene ring substituents is 1. The first-order chi connectivity index (χ1) is 15.3. The number of rotatable bonds is 9. The van der Waals surface area contributed by atoms with Gasteiger partial charge in [-0.15, -0.1) is 0 Å². The molecule has 8 nitrogen and oxygen atoms in total. The molecule has 0 aromatic heterocycles. The van der Waals surface area contributed by atoms with Crippen LogP contribution in [0.25, 0.3) is 6.08 Å². The Morgan fingerprint density at radius 2 is 1.91 bits per heavy atom. The van der Waals surface area contributed by atoms with Crippen molar-refractivity contribution >= 4 is 79.9 Å². The maximum absolute atomic E-state index is 12.6. The average molecular weight is 680 g/mol. The number of thioether (sulfide) groups is 1.